The number of benzene rings is 1. The SMILES string of the molecule is CSc1ccc(C(=O)NNC(=O)CC23CC4CC(CC(C4)C2)C3)cc1[N+](=O)[O-]. The van der Waals surface area contributed by atoms with E-state index < -0.39 is 10.8 Å². The first-order valence-corrected chi connectivity index (χ1v) is 11.0. The van der Waals surface area contributed by atoms with Crippen molar-refractivity contribution in [1.82, 2.24) is 10.9 Å². The standard InChI is InChI=1S/C20H25N3O4S/c1-28-17-3-2-15(7-16(17)23(26)27)19(25)22-21-18(24)11-20-8-12-4-13(9-20)6-14(5-12)10-20/h2-3,7,12-14H,4-6,8-11H2,1H3,(H,21,24)(H,22,25). The summed E-state index contributed by atoms with van der Waals surface area (Å²) in [4.78, 5) is 36.0. The van der Waals surface area contributed by atoms with Crippen molar-refractivity contribution in [2.75, 3.05) is 6.26 Å². The molecule has 0 aliphatic heterocycles. The van der Waals surface area contributed by atoms with Crippen molar-refractivity contribution >= 4 is 29.3 Å². The molecule has 0 spiro atoms. The molecule has 0 aromatic heterocycles. The number of rotatable bonds is 5. The van der Waals surface area contributed by atoms with Crippen molar-refractivity contribution in [3.8, 4) is 0 Å². The smallest absolute Gasteiger partial charge is 0.273 e. The van der Waals surface area contributed by atoms with Gasteiger partial charge in [0.1, 0.15) is 0 Å². The molecule has 4 aliphatic carbocycles. The minimum Gasteiger partial charge on any atom is -0.273 e. The van der Waals surface area contributed by atoms with E-state index in [0.717, 1.165) is 37.0 Å². The van der Waals surface area contributed by atoms with Gasteiger partial charge in [-0.3, -0.25) is 30.6 Å². The van der Waals surface area contributed by atoms with E-state index in [9.17, 15) is 19.7 Å². The lowest BCUT2D eigenvalue weighted by atomic mass is 9.49. The van der Waals surface area contributed by atoms with E-state index in [1.807, 2.05) is 0 Å². The molecule has 0 heterocycles. The van der Waals surface area contributed by atoms with Crippen molar-refractivity contribution in [3.63, 3.8) is 0 Å². The highest BCUT2D eigenvalue weighted by Crippen LogP contribution is 2.61. The van der Waals surface area contributed by atoms with Gasteiger partial charge in [0.05, 0.1) is 9.82 Å². The molecule has 0 unspecified atom stereocenters. The molecule has 28 heavy (non-hydrogen) atoms. The Bertz CT molecular complexity index is 790. The summed E-state index contributed by atoms with van der Waals surface area (Å²) in [7, 11) is 0. The number of carbonyl (C=O) groups is 2. The molecule has 7 nitrogen and oxygen atoms in total. The van der Waals surface area contributed by atoms with Crippen LogP contribution in [0.4, 0.5) is 5.69 Å². The number of hydrazine groups is 1. The van der Waals surface area contributed by atoms with Gasteiger partial charge in [-0.05, 0) is 80.1 Å². The van der Waals surface area contributed by atoms with E-state index in [-0.39, 0.29) is 22.6 Å². The average molecular weight is 404 g/mol. The summed E-state index contributed by atoms with van der Waals surface area (Å²) in [6.07, 6.45) is 9.54. The molecule has 0 radical (unpaired) electrons. The number of nitro benzene ring substituents is 1. The second-order valence-corrected chi connectivity index (χ2v) is 9.59. The fourth-order valence-electron chi connectivity index (χ4n) is 6.06. The van der Waals surface area contributed by atoms with Crippen LogP contribution < -0.4 is 10.9 Å². The largest absolute Gasteiger partial charge is 0.283 e. The normalized spacial score (nSPS) is 30.1. The van der Waals surface area contributed by atoms with E-state index in [1.54, 1.807) is 12.3 Å². The van der Waals surface area contributed by atoms with Gasteiger partial charge in [0.25, 0.3) is 11.6 Å². The Morgan fingerprint density at radius 2 is 1.75 bits per heavy atom. The number of hydrogen-bond acceptors (Lipinski definition) is 5. The van der Waals surface area contributed by atoms with E-state index in [0.29, 0.717) is 11.3 Å². The number of thioether (sulfide) groups is 1. The number of amides is 2. The van der Waals surface area contributed by atoms with Crippen molar-refractivity contribution in [1.29, 1.82) is 0 Å². The van der Waals surface area contributed by atoms with Crippen LogP contribution in [-0.2, 0) is 4.79 Å². The van der Waals surface area contributed by atoms with Crippen LogP contribution in [-0.4, -0.2) is 23.0 Å². The summed E-state index contributed by atoms with van der Waals surface area (Å²) < 4.78 is 0. The van der Waals surface area contributed by atoms with Crippen LogP contribution in [0.5, 0.6) is 0 Å². The molecule has 2 amide bonds. The maximum absolute atomic E-state index is 12.5. The Labute approximate surface area is 168 Å². The highest BCUT2D eigenvalue weighted by Gasteiger charge is 2.51. The van der Waals surface area contributed by atoms with Crippen molar-refractivity contribution < 1.29 is 14.5 Å². The van der Waals surface area contributed by atoms with Crippen LogP contribution in [0.15, 0.2) is 23.1 Å². The molecule has 4 aliphatic rings. The Morgan fingerprint density at radius 1 is 1.14 bits per heavy atom. The van der Waals surface area contributed by atoms with E-state index in [2.05, 4.69) is 10.9 Å². The average Bonchev–Trinajstić information content (AvgIpc) is 2.64. The fraction of sp³-hybridized carbons (Fsp3) is 0.600. The first kappa shape index (κ1) is 19.2. The maximum atomic E-state index is 12.5. The van der Waals surface area contributed by atoms with Gasteiger partial charge in [0, 0.05) is 18.1 Å². The quantitative estimate of drug-likeness (QED) is 0.444. The minimum absolute atomic E-state index is 0.0995. The molecule has 4 saturated carbocycles. The molecular formula is C20H25N3O4S. The third-order valence-corrected chi connectivity index (χ3v) is 7.44. The zero-order valence-corrected chi connectivity index (χ0v) is 16.7. The number of carbonyl (C=O) groups excluding carboxylic acids is 2. The number of nitrogens with one attached hydrogen (secondary N) is 2. The molecule has 4 fully saturated rings. The van der Waals surface area contributed by atoms with Gasteiger partial charge in [-0.25, -0.2) is 0 Å². The third-order valence-electron chi connectivity index (χ3n) is 6.65. The first-order chi connectivity index (χ1) is 13.4. The van der Waals surface area contributed by atoms with Crippen LogP contribution in [0.25, 0.3) is 0 Å². The van der Waals surface area contributed by atoms with E-state index in [4.69, 9.17) is 0 Å². The second-order valence-electron chi connectivity index (χ2n) is 8.74. The predicted molar refractivity (Wildman–Crippen MR) is 106 cm³/mol. The van der Waals surface area contributed by atoms with Gasteiger partial charge in [-0.15, -0.1) is 11.8 Å². The van der Waals surface area contributed by atoms with Crippen molar-refractivity contribution in [2.45, 2.75) is 49.8 Å². The monoisotopic (exact) mass is 403 g/mol. The highest BCUT2D eigenvalue weighted by molar-refractivity contribution is 7.98. The molecule has 1 aromatic rings. The van der Waals surface area contributed by atoms with Crippen LogP contribution in [0.3, 0.4) is 0 Å². The second kappa shape index (κ2) is 7.39. The molecular weight excluding hydrogens is 378 g/mol. The molecule has 2 N–H and O–H groups in total. The van der Waals surface area contributed by atoms with Crippen LogP contribution >= 0.6 is 11.8 Å². The fourth-order valence-corrected chi connectivity index (χ4v) is 6.61. The molecule has 4 bridgehead atoms. The summed E-state index contributed by atoms with van der Waals surface area (Å²) in [5, 5.41) is 11.2. The molecule has 8 heteroatoms. The lowest BCUT2D eigenvalue weighted by Crippen LogP contribution is -2.50. The topological polar surface area (TPSA) is 101 Å². The van der Waals surface area contributed by atoms with Crippen LogP contribution in [0.2, 0.25) is 0 Å². The number of hydrogen-bond donors (Lipinski definition) is 2. The Balaban J connectivity index is 1.36. The molecule has 5 rings (SSSR count). The van der Waals surface area contributed by atoms with Gasteiger partial charge < -0.3 is 0 Å². The van der Waals surface area contributed by atoms with Gasteiger partial charge >= 0.3 is 0 Å². The Morgan fingerprint density at radius 3 is 2.29 bits per heavy atom. The van der Waals surface area contributed by atoms with Crippen molar-refractivity contribution in [3.05, 3.63) is 33.9 Å². The van der Waals surface area contributed by atoms with E-state index in [1.165, 1.54) is 43.2 Å². The predicted octanol–water partition coefficient (Wildman–Crippen LogP) is 3.68. The van der Waals surface area contributed by atoms with Crippen LogP contribution in [0.1, 0.15) is 55.3 Å². The molecule has 150 valence electrons. The summed E-state index contributed by atoms with van der Waals surface area (Å²) >= 11 is 1.25. The first-order valence-electron chi connectivity index (χ1n) is 9.79. The Kier molecular flexibility index (Phi) is 5.07. The van der Waals surface area contributed by atoms with Gasteiger partial charge in [-0.2, -0.15) is 0 Å². The number of nitrogens with zero attached hydrogens (tertiary/aromatic N) is 1. The third kappa shape index (κ3) is 3.74. The summed E-state index contributed by atoms with van der Waals surface area (Å²) in [6.45, 7) is 0. The summed E-state index contributed by atoms with van der Waals surface area (Å²) in [5.74, 6) is 1.58. The lowest BCUT2D eigenvalue weighted by Gasteiger charge is -2.56. The van der Waals surface area contributed by atoms with Gasteiger partial charge in [0.2, 0.25) is 5.91 Å². The highest BCUT2D eigenvalue weighted by atomic mass is 32.2. The van der Waals surface area contributed by atoms with Crippen LogP contribution in [0, 0.1) is 33.3 Å². The zero-order valence-electron chi connectivity index (χ0n) is 15.9. The summed E-state index contributed by atoms with van der Waals surface area (Å²) in [6, 6.07) is 4.32. The van der Waals surface area contributed by atoms with Gasteiger partial charge in [0.15, 0.2) is 0 Å². The zero-order chi connectivity index (χ0) is 19.9. The minimum atomic E-state index is -0.547. The molecule has 0 atom stereocenters. The molecule has 0 saturated heterocycles. The lowest BCUT2D eigenvalue weighted by molar-refractivity contribution is -0.387. The van der Waals surface area contributed by atoms with Gasteiger partial charge in [-0.1, -0.05) is 0 Å². The summed E-state index contributed by atoms with van der Waals surface area (Å²) in [5.41, 5.74) is 5.08. The van der Waals surface area contributed by atoms with Crippen molar-refractivity contribution in [2.24, 2.45) is 23.2 Å². The van der Waals surface area contributed by atoms with E-state index >= 15 is 0 Å². The number of nitro groups is 1. The Hall–Kier alpha value is -2.09. The molecule has 1 aromatic carbocycles. The maximum Gasteiger partial charge on any atom is 0.283 e.